The number of aryl methyl sites for hydroxylation is 1. The number of carbonyl (C=O) groups is 2. The second-order valence-electron chi connectivity index (χ2n) is 4.76. The van der Waals surface area contributed by atoms with Crippen molar-refractivity contribution in [1.82, 2.24) is 0 Å². The van der Waals surface area contributed by atoms with Gasteiger partial charge in [-0.05, 0) is 36.8 Å². The van der Waals surface area contributed by atoms with Crippen molar-refractivity contribution >= 4 is 23.3 Å². The van der Waals surface area contributed by atoms with E-state index in [0.29, 0.717) is 11.3 Å². The molecule has 2 rings (SSSR count). The number of benzene rings is 2. The molecule has 0 saturated heterocycles. The summed E-state index contributed by atoms with van der Waals surface area (Å²) in [5.41, 5.74) is 8.13. The van der Waals surface area contributed by atoms with Crippen LogP contribution < -0.4 is 10.6 Å². The maximum absolute atomic E-state index is 12.5. The molecule has 2 aromatic carbocycles. The Labute approximate surface area is 122 Å². The van der Waals surface area contributed by atoms with Crippen LogP contribution in [-0.2, 0) is 0 Å². The third-order valence-corrected chi connectivity index (χ3v) is 3.32. The van der Waals surface area contributed by atoms with Crippen molar-refractivity contribution in [2.24, 2.45) is 0 Å². The zero-order chi connectivity index (χ0) is 15.6. The van der Waals surface area contributed by atoms with Gasteiger partial charge in [-0.15, -0.1) is 0 Å². The summed E-state index contributed by atoms with van der Waals surface area (Å²) in [5, 5.41) is 8.93. The van der Waals surface area contributed by atoms with Gasteiger partial charge in [0.05, 0.1) is 16.9 Å². The van der Waals surface area contributed by atoms with Gasteiger partial charge in [-0.25, -0.2) is 4.79 Å². The number of carboxylic acids is 1. The minimum Gasteiger partial charge on any atom is -0.478 e. The van der Waals surface area contributed by atoms with Gasteiger partial charge in [0.25, 0.3) is 5.91 Å². The first-order valence-electron chi connectivity index (χ1n) is 6.38. The number of carboxylic acid groups (broad SMARTS) is 1. The quantitative estimate of drug-likeness (QED) is 0.848. The van der Waals surface area contributed by atoms with Crippen molar-refractivity contribution in [3.8, 4) is 0 Å². The minimum atomic E-state index is -1.05. The Morgan fingerprint density at radius 1 is 1.14 bits per heavy atom. The van der Waals surface area contributed by atoms with Crippen molar-refractivity contribution < 1.29 is 14.7 Å². The van der Waals surface area contributed by atoms with E-state index in [-0.39, 0.29) is 17.2 Å². The summed E-state index contributed by atoms with van der Waals surface area (Å²) in [6, 6.07) is 11.6. The molecular formula is C16H16N2O3. The largest absolute Gasteiger partial charge is 0.478 e. The van der Waals surface area contributed by atoms with Crippen LogP contribution >= 0.6 is 0 Å². The zero-order valence-corrected chi connectivity index (χ0v) is 11.8. The van der Waals surface area contributed by atoms with Gasteiger partial charge in [0.15, 0.2) is 0 Å². The fourth-order valence-electron chi connectivity index (χ4n) is 2.10. The van der Waals surface area contributed by atoms with Crippen molar-refractivity contribution in [2.45, 2.75) is 6.92 Å². The predicted molar refractivity (Wildman–Crippen MR) is 81.7 cm³/mol. The molecule has 0 bridgehead atoms. The smallest absolute Gasteiger partial charge is 0.335 e. The van der Waals surface area contributed by atoms with Crippen LogP contribution in [0.15, 0.2) is 42.5 Å². The van der Waals surface area contributed by atoms with Crippen molar-refractivity contribution in [3.05, 3.63) is 59.2 Å². The first-order chi connectivity index (χ1) is 9.91. The lowest BCUT2D eigenvalue weighted by Crippen LogP contribution is -2.27. The molecule has 0 aliphatic rings. The zero-order valence-electron chi connectivity index (χ0n) is 11.8. The van der Waals surface area contributed by atoms with Crippen LogP contribution in [0.4, 0.5) is 11.4 Å². The van der Waals surface area contributed by atoms with Crippen LogP contribution in [0.2, 0.25) is 0 Å². The molecule has 5 nitrogen and oxygen atoms in total. The molecular weight excluding hydrogens is 268 g/mol. The number of hydrogen-bond donors (Lipinski definition) is 2. The van der Waals surface area contributed by atoms with Crippen molar-refractivity contribution in [1.29, 1.82) is 0 Å². The lowest BCUT2D eigenvalue weighted by Gasteiger charge is -2.20. The van der Waals surface area contributed by atoms with Gasteiger partial charge in [-0.1, -0.05) is 18.2 Å². The Morgan fingerprint density at radius 2 is 1.81 bits per heavy atom. The van der Waals surface area contributed by atoms with Crippen LogP contribution in [0.3, 0.4) is 0 Å². The summed E-state index contributed by atoms with van der Waals surface area (Å²) in [6.45, 7) is 1.86. The van der Waals surface area contributed by atoms with E-state index in [1.54, 1.807) is 19.2 Å². The molecule has 0 spiro atoms. The summed E-state index contributed by atoms with van der Waals surface area (Å²) in [6.07, 6.45) is 0. The van der Waals surface area contributed by atoms with Crippen LogP contribution in [0.25, 0.3) is 0 Å². The van der Waals surface area contributed by atoms with E-state index in [2.05, 4.69) is 0 Å². The number of hydrogen-bond acceptors (Lipinski definition) is 3. The lowest BCUT2D eigenvalue weighted by molar-refractivity contribution is 0.0697. The van der Waals surface area contributed by atoms with Gasteiger partial charge >= 0.3 is 5.97 Å². The highest BCUT2D eigenvalue weighted by atomic mass is 16.4. The van der Waals surface area contributed by atoms with Crippen LogP contribution in [0, 0.1) is 6.92 Å². The number of nitrogens with two attached hydrogens (primary N) is 1. The van der Waals surface area contributed by atoms with Crippen LogP contribution in [0.1, 0.15) is 26.3 Å². The van der Waals surface area contributed by atoms with Gasteiger partial charge in [-0.2, -0.15) is 0 Å². The van der Waals surface area contributed by atoms with Crippen molar-refractivity contribution in [3.63, 3.8) is 0 Å². The highest BCUT2D eigenvalue weighted by molar-refractivity contribution is 6.08. The third kappa shape index (κ3) is 2.86. The Kier molecular flexibility index (Phi) is 3.93. The fraction of sp³-hybridized carbons (Fsp3) is 0.125. The number of amides is 1. The molecule has 0 fully saturated rings. The Bertz CT molecular complexity index is 710. The molecule has 0 aromatic heterocycles. The van der Waals surface area contributed by atoms with Gasteiger partial charge < -0.3 is 15.7 Å². The lowest BCUT2D eigenvalue weighted by atomic mass is 10.1. The van der Waals surface area contributed by atoms with E-state index in [1.807, 2.05) is 19.1 Å². The molecule has 0 saturated carbocycles. The van der Waals surface area contributed by atoms with Crippen LogP contribution in [-0.4, -0.2) is 24.0 Å². The van der Waals surface area contributed by atoms with Gasteiger partial charge in [0, 0.05) is 12.6 Å². The normalized spacial score (nSPS) is 10.2. The molecule has 0 atom stereocenters. The molecule has 0 aliphatic heterocycles. The summed E-state index contributed by atoms with van der Waals surface area (Å²) in [4.78, 5) is 24.8. The average Bonchev–Trinajstić information content (AvgIpc) is 2.46. The van der Waals surface area contributed by atoms with Gasteiger partial charge in [0.2, 0.25) is 0 Å². The standard InChI is InChI=1S/C16H16N2O3/c1-10-5-3-4-6-12(10)15(19)18(2)14-8-7-11(16(20)21)9-13(14)17/h3-9H,17H2,1-2H3,(H,20,21). The summed E-state index contributed by atoms with van der Waals surface area (Å²) in [7, 11) is 1.61. The number of nitrogen functional groups attached to an aromatic ring is 1. The first-order valence-corrected chi connectivity index (χ1v) is 6.38. The van der Waals surface area contributed by atoms with E-state index < -0.39 is 5.97 Å². The average molecular weight is 284 g/mol. The van der Waals surface area contributed by atoms with E-state index >= 15 is 0 Å². The SMILES string of the molecule is Cc1ccccc1C(=O)N(C)c1ccc(C(=O)O)cc1N. The first kappa shape index (κ1) is 14.6. The predicted octanol–water partition coefficient (Wildman–Crippen LogP) is 2.55. The van der Waals surface area contributed by atoms with Crippen LogP contribution in [0.5, 0.6) is 0 Å². The molecule has 21 heavy (non-hydrogen) atoms. The van der Waals surface area contributed by atoms with E-state index in [4.69, 9.17) is 10.8 Å². The molecule has 3 N–H and O–H groups in total. The van der Waals surface area contributed by atoms with E-state index in [0.717, 1.165) is 5.56 Å². The number of carbonyl (C=O) groups excluding carboxylic acids is 1. The van der Waals surface area contributed by atoms with E-state index in [9.17, 15) is 9.59 Å². The summed E-state index contributed by atoms with van der Waals surface area (Å²) < 4.78 is 0. The monoisotopic (exact) mass is 284 g/mol. The van der Waals surface area contributed by atoms with Gasteiger partial charge in [0.1, 0.15) is 0 Å². The van der Waals surface area contributed by atoms with Crippen molar-refractivity contribution in [2.75, 3.05) is 17.7 Å². The van der Waals surface area contributed by atoms with Gasteiger partial charge in [-0.3, -0.25) is 4.79 Å². The third-order valence-electron chi connectivity index (χ3n) is 3.32. The minimum absolute atomic E-state index is 0.0907. The summed E-state index contributed by atoms with van der Waals surface area (Å²) >= 11 is 0. The second kappa shape index (κ2) is 5.66. The topological polar surface area (TPSA) is 83.6 Å². The second-order valence-corrected chi connectivity index (χ2v) is 4.76. The Balaban J connectivity index is 2.36. The highest BCUT2D eigenvalue weighted by Crippen LogP contribution is 2.25. The molecule has 0 heterocycles. The number of aromatic carboxylic acids is 1. The van der Waals surface area contributed by atoms with E-state index in [1.165, 1.54) is 23.1 Å². The fourth-order valence-corrected chi connectivity index (χ4v) is 2.10. The molecule has 108 valence electrons. The maximum atomic E-state index is 12.5. The number of anilines is 2. The molecule has 2 aromatic rings. The maximum Gasteiger partial charge on any atom is 0.335 e. The Hall–Kier alpha value is -2.82. The molecule has 1 amide bonds. The molecule has 0 aliphatic carbocycles. The molecule has 0 unspecified atom stereocenters. The highest BCUT2D eigenvalue weighted by Gasteiger charge is 2.18. The molecule has 0 radical (unpaired) electrons. The number of nitrogens with zero attached hydrogens (tertiary/aromatic N) is 1. The number of rotatable bonds is 3. The summed E-state index contributed by atoms with van der Waals surface area (Å²) in [5.74, 6) is -1.25. The molecule has 5 heteroatoms. The Morgan fingerprint density at radius 3 is 2.38 bits per heavy atom.